The Balaban J connectivity index is 1.40. The van der Waals surface area contributed by atoms with Gasteiger partial charge in [0, 0.05) is 17.4 Å². The van der Waals surface area contributed by atoms with Crippen molar-refractivity contribution >= 4 is 17.2 Å². The molecule has 1 aromatic carbocycles. The number of hydrogen-bond acceptors (Lipinski definition) is 2. The van der Waals surface area contributed by atoms with Crippen LogP contribution in [0, 0.1) is 29.1 Å². The molecule has 164 valence electrons. The number of rotatable bonds is 5. The zero-order chi connectivity index (χ0) is 20.9. The molecule has 2 atom stereocenters. The fourth-order valence-corrected chi connectivity index (χ4v) is 8.28. The summed E-state index contributed by atoms with van der Waals surface area (Å²) in [5, 5.41) is 3.74. The molecule has 2 nitrogen and oxygen atoms in total. The standard InChI is InChI=1S/C25H34F2N2S/c26-22(27)21-17-10-24(19-4-2-1-3-5-19)11-18(21)13-25(12-17,15-24)23(30)29-20-8-6-16(14-28)7-9-20/h1-5,16-18,20-22H,6-15,28H2,(H,29,30). The Hall–Kier alpha value is -1.07. The van der Waals surface area contributed by atoms with Crippen LogP contribution in [0.15, 0.2) is 30.3 Å². The van der Waals surface area contributed by atoms with E-state index >= 15 is 0 Å². The van der Waals surface area contributed by atoms with Crippen molar-refractivity contribution in [3.8, 4) is 0 Å². The summed E-state index contributed by atoms with van der Waals surface area (Å²) in [6, 6.07) is 11.1. The highest BCUT2D eigenvalue weighted by Crippen LogP contribution is 2.68. The van der Waals surface area contributed by atoms with Gasteiger partial charge in [0.25, 0.3) is 0 Å². The maximum Gasteiger partial charge on any atom is 0.241 e. The molecule has 0 radical (unpaired) electrons. The molecular formula is C25H34F2N2S. The highest BCUT2D eigenvalue weighted by molar-refractivity contribution is 7.80. The van der Waals surface area contributed by atoms with Gasteiger partial charge in [-0.05, 0) is 93.1 Å². The van der Waals surface area contributed by atoms with Crippen LogP contribution < -0.4 is 11.1 Å². The third kappa shape index (κ3) is 3.40. The third-order valence-corrected chi connectivity index (χ3v) is 9.60. The molecule has 5 heteroatoms. The summed E-state index contributed by atoms with van der Waals surface area (Å²) in [7, 11) is 0. The van der Waals surface area contributed by atoms with Crippen LogP contribution in [0.4, 0.5) is 8.78 Å². The van der Waals surface area contributed by atoms with Crippen LogP contribution in [0.2, 0.25) is 0 Å². The Kier molecular flexibility index (Phi) is 5.42. The summed E-state index contributed by atoms with van der Waals surface area (Å²) in [4.78, 5) is 0.973. The predicted molar refractivity (Wildman–Crippen MR) is 121 cm³/mol. The molecule has 4 bridgehead atoms. The van der Waals surface area contributed by atoms with E-state index in [-0.39, 0.29) is 22.7 Å². The van der Waals surface area contributed by atoms with Crippen molar-refractivity contribution in [2.75, 3.05) is 6.54 Å². The van der Waals surface area contributed by atoms with Crippen LogP contribution >= 0.6 is 12.2 Å². The summed E-state index contributed by atoms with van der Waals surface area (Å²) in [5.41, 5.74) is 7.10. The minimum absolute atomic E-state index is 0.0153. The quantitative estimate of drug-likeness (QED) is 0.608. The molecule has 0 aliphatic heterocycles. The second-order valence-electron chi connectivity index (χ2n) is 10.8. The first-order valence-electron chi connectivity index (χ1n) is 11.8. The lowest BCUT2D eigenvalue weighted by Crippen LogP contribution is -2.63. The van der Waals surface area contributed by atoms with Crippen molar-refractivity contribution in [2.24, 2.45) is 34.8 Å². The number of thiocarbonyl (C=S) groups is 1. The molecule has 5 aliphatic rings. The van der Waals surface area contributed by atoms with Crippen molar-refractivity contribution in [2.45, 2.75) is 75.7 Å². The number of benzene rings is 1. The first-order valence-corrected chi connectivity index (χ1v) is 12.2. The average molecular weight is 433 g/mol. The first-order chi connectivity index (χ1) is 14.4. The van der Waals surface area contributed by atoms with Gasteiger partial charge in [0.05, 0.1) is 4.99 Å². The van der Waals surface area contributed by atoms with Gasteiger partial charge in [-0.1, -0.05) is 42.5 Å². The van der Waals surface area contributed by atoms with Crippen LogP contribution in [-0.4, -0.2) is 24.0 Å². The van der Waals surface area contributed by atoms with Crippen LogP contribution in [-0.2, 0) is 5.41 Å². The third-order valence-electron chi connectivity index (χ3n) is 9.05. The van der Waals surface area contributed by atoms with Crippen molar-refractivity contribution < 1.29 is 8.78 Å². The van der Waals surface area contributed by atoms with Gasteiger partial charge in [-0.15, -0.1) is 0 Å². The lowest BCUT2D eigenvalue weighted by Gasteiger charge is -2.65. The molecule has 0 heterocycles. The van der Waals surface area contributed by atoms with Gasteiger partial charge in [-0.25, -0.2) is 8.78 Å². The molecule has 1 aromatic rings. The van der Waals surface area contributed by atoms with E-state index in [1.807, 2.05) is 6.07 Å². The highest BCUT2D eigenvalue weighted by atomic mass is 32.1. The average Bonchev–Trinajstić information content (AvgIpc) is 2.74. The normalized spacial score (nSPS) is 42.5. The minimum Gasteiger partial charge on any atom is -0.376 e. The van der Waals surface area contributed by atoms with Gasteiger partial charge < -0.3 is 11.1 Å². The van der Waals surface area contributed by atoms with E-state index in [9.17, 15) is 8.78 Å². The molecular weight excluding hydrogens is 398 g/mol. The molecule has 5 fully saturated rings. The molecule has 3 N–H and O–H groups in total. The molecule has 5 saturated carbocycles. The maximum absolute atomic E-state index is 14.0. The lowest BCUT2D eigenvalue weighted by atomic mass is 9.40. The summed E-state index contributed by atoms with van der Waals surface area (Å²) >= 11 is 6.06. The largest absolute Gasteiger partial charge is 0.376 e. The number of nitrogens with one attached hydrogen (secondary N) is 1. The van der Waals surface area contributed by atoms with Gasteiger partial charge >= 0.3 is 0 Å². The monoisotopic (exact) mass is 432 g/mol. The minimum atomic E-state index is -2.21. The van der Waals surface area contributed by atoms with Crippen molar-refractivity contribution in [1.82, 2.24) is 5.32 Å². The Morgan fingerprint density at radius 1 is 1.03 bits per heavy atom. The van der Waals surface area contributed by atoms with E-state index in [2.05, 4.69) is 29.6 Å². The first kappa shape index (κ1) is 20.8. The number of nitrogens with two attached hydrogens (primary N) is 1. The van der Waals surface area contributed by atoms with Crippen LogP contribution in [0.3, 0.4) is 0 Å². The summed E-state index contributed by atoms with van der Waals surface area (Å²) in [5.74, 6) is 0.362. The van der Waals surface area contributed by atoms with Crippen molar-refractivity contribution in [3.63, 3.8) is 0 Å². The van der Waals surface area contributed by atoms with Gasteiger partial charge in [0.1, 0.15) is 0 Å². The molecule has 0 spiro atoms. The van der Waals surface area contributed by atoms with Crippen LogP contribution in [0.1, 0.15) is 63.4 Å². The predicted octanol–water partition coefficient (Wildman–Crippen LogP) is 5.45. The summed E-state index contributed by atoms with van der Waals surface area (Å²) < 4.78 is 28.0. The maximum atomic E-state index is 14.0. The zero-order valence-corrected chi connectivity index (χ0v) is 18.5. The second-order valence-corrected chi connectivity index (χ2v) is 11.2. The molecule has 2 unspecified atom stereocenters. The van der Waals surface area contributed by atoms with Gasteiger partial charge in [0.2, 0.25) is 6.43 Å². The molecule has 30 heavy (non-hydrogen) atoms. The molecule has 0 amide bonds. The van der Waals surface area contributed by atoms with Gasteiger partial charge in [-0.2, -0.15) is 0 Å². The van der Waals surface area contributed by atoms with E-state index in [0.29, 0.717) is 12.0 Å². The van der Waals surface area contributed by atoms with Gasteiger partial charge in [-0.3, -0.25) is 0 Å². The lowest BCUT2D eigenvalue weighted by molar-refractivity contribution is -0.131. The molecule has 5 aliphatic carbocycles. The Morgan fingerprint density at radius 3 is 2.23 bits per heavy atom. The van der Waals surface area contributed by atoms with Crippen molar-refractivity contribution in [3.05, 3.63) is 35.9 Å². The van der Waals surface area contributed by atoms with E-state index in [4.69, 9.17) is 18.0 Å². The number of halogens is 2. The molecule has 0 saturated heterocycles. The molecule has 6 rings (SSSR count). The second kappa shape index (κ2) is 7.81. The Labute approximate surface area is 184 Å². The fourth-order valence-electron chi connectivity index (χ4n) is 7.87. The Morgan fingerprint density at radius 2 is 1.67 bits per heavy atom. The summed E-state index contributed by atoms with van der Waals surface area (Å²) in [6.07, 6.45) is 6.86. The fraction of sp³-hybridized carbons (Fsp3) is 0.720. The van der Waals surface area contributed by atoms with Crippen molar-refractivity contribution in [1.29, 1.82) is 0 Å². The van der Waals surface area contributed by atoms with E-state index < -0.39 is 12.3 Å². The number of hydrogen-bond donors (Lipinski definition) is 2. The van der Waals surface area contributed by atoms with Crippen LogP contribution in [0.5, 0.6) is 0 Å². The van der Waals surface area contributed by atoms with Crippen LogP contribution in [0.25, 0.3) is 0 Å². The van der Waals surface area contributed by atoms with E-state index in [0.717, 1.165) is 69.3 Å². The topological polar surface area (TPSA) is 38.0 Å². The highest BCUT2D eigenvalue weighted by Gasteiger charge is 2.64. The SMILES string of the molecule is NCC1CCC(NC(=S)C23CC4CC(c5ccccc5)(CC(C2)C4C(F)F)C3)CC1. The summed E-state index contributed by atoms with van der Waals surface area (Å²) in [6.45, 7) is 0.777. The van der Waals surface area contributed by atoms with Gasteiger partial charge in [0.15, 0.2) is 0 Å². The number of alkyl halides is 2. The van der Waals surface area contributed by atoms with E-state index in [1.54, 1.807) is 0 Å². The molecule has 0 aromatic heterocycles. The Bertz CT molecular complexity index is 759. The van der Waals surface area contributed by atoms with E-state index in [1.165, 1.54) is 5.56 Å². The smallest absolute Gasteiger partial charge is 0.241 e. The zero-order valence-electron chi connectivity index (χ0n) is 17.7.